The lowest BCUT2D eigenvalue weighted by molar-refractivity contribution is 0.102. The van der Waals surface area contributed by atoms with Gasteiger partial charge < -0.3 is 4.74 Å². The van der Waals surface area contributed by atoms with Crippen molar-refractivity contribution in [2.24, 2.45) is 5.92 Å². The Hall–Kier alpha value is -2.40. The number of carbonyl (C=O) groups excluding carboxylic acids is 1. The summed E-state index contributed by atoms with van der Waals surface area (Å²) < 4.78 is 31.0. The molecule has 0 aliphatic carbocycles. The van der Waals surface area contributed by atoms with Crippen LogP contribution in [0.4, 0.5) is 0 Å². The first-order valence-electron chi connectivity index (χ1n) is 8.15. The Kier molecular flexibility index (Phi) is 4.77. The lowest BCUT2D eigenvalue weighted by Crippen LogP contribution is -2.27. The van der Waals surface area contributed by atoms with E-state index in [-0.39, 0.29) is 22.3 Å². The standard InChI is InChI=1S/C20H20O4S/c1-14-18(13-25(22,23)17-11-7-4-8-12-17)24-15(2)19(14)20(21)16-9-5-3-6-10-16/h3-12,14,18H,13H2,1-2H3/t14-,18-/m1/s1. The Bertz CT molecular complexity index is 899. The minimum absolute atomic E-state index is 0.106. The Morgan fingerprint density at radius 3 is 2.16 bits per heavy atom. The molecule has 1 heterocycles. The first-order valence-corrected chi connectivity index (χ1v) is 9.80. The monoisotopic (exact) mass is 356 g/mol. The number of hydrogen-bond donors (Lipinski definition) is 0. The smallest absolute Gasteiger partial charge is 0.192 e. The van der Waals surface area contributed by atoms with E-state index in [0.29, 0.717) is 16.9 Å². The molecule has 0 spiro atoms. The third kappa shape index (κ3) is 3.51. The van der Waals surface area contributed by atoms with Crippen LogP contribution in [0.15, 0.2) is 76.9 Å². The highest BCUT2D eigenvalue weighted by Crippen LogP contribution is 2.34. The van der Waals surface area contributed by atoms with E-state index in [2.05, 4.69) is 0 Å². The fourth-order valence-corrected chi connectivity index (χ4v) is 4.68. The van der Waals surface area contributed by atoms with Gasteiger partial charge in [0.05, 0.1) is 10.6 Å². The van der Waals surface area contributed by atoms with Crippen molar-refractivity contribution in [3.8, 4) is 0 Å². The Balaban J connectivity index is 1.81. The molecule has 4 nitrogen and oxygen atoms in total. The molecule has 2 aromatic rings. The summed E-state index contributed by atoms with van der Waals surface area (Å²) in [6, 6.07) is 17.3. The second-order valence-electron chi connectivity index (χ2n) is 6.20. The number of carbonyl (C=O) groups is 1. The molecule has 0 saturated carbocycles. The Morgan fingerprint density at radius 2 is 1.56 bits per heavy atom. The number of hydrogen-bond acceptors (Lipinski definition) is 4. The van der Waals surface area contributed by atoms with Crippen LogP contribution in [0.3, 0.4) is 0 Å². The molecule has 0 fully saturated rings. The van der Waals surface area contributed by atoms with Crippen LogP contribution < -0.4 is 0 Å². The van der Waals surface area contributed by atoms with Gasteiger partial charge in [0, 0.05) is 17.1 Å². The average Bonchev–Trinajstić information content (AvgIpc) is 2.89. The van der Waals surface area contributed by atoms with Crippen LogP contribution in [0.1, 0.15) is 24.2 Å². The Morgan fingerprint density at radius 1 is 1.00 bits per heavy atom. The Labute approximate surface area is 148 Å². The second-order valence-corrected chi connectivity index (χ2v) is 8.24. The van der Waals surface area contributed by atoms with Gasteiger partial charge in [0.15, 0.2) is 15.6 Å². The van der Waals surface area contributed by atoms with Crippen LogP contribution in [-0.2, 0) is 14.6 Å². The molecule has 1 aliphatic heterocycles. The van der Waals surface area contributed by atoms with E-state index in [1.165, 1.54) is 0 Å². The molecule has 0 N–H and O–H groups in total. The highest BCUT2D eigenvalue weighted by molar-refractivity contribution is 7.91. The van der Waals surface area contributed by atoms with E-state index in [1.54, 1.807) is 61.5 Å². The fraction of sp³-hybridized carbons (Fsp3) is 0.250. The number of allylic oxidation sites excluding steroid dienone is 1. The molecule has 25 heavy (non-hydrogen) atoms. The number of rotatable bonds is 5. The zero-order chi connectivity index (χ0) is 18.0. The van der Waals surface area contributed by atoms with Crippen LogP contribution in [0.2, 0.25) is 0 Å². The highest BCUT2D eigenvalue weighted by Gasteiger charge is 2.38. The van der Waals surface area contributed by atoms with E-state index < -0.39 is 15.9 Å². The zero-order valence-electron chi connectivity index (χ0n) is 14.2. The van der Waals surface area contributed by atoms with E-state index >= 15 is 0 Å². The fourth-order valence-electron chi connectivity index (χ4n) is 3.13. The molecule has 0 saturated heterocycles. The van der Waals surface area contributed by atoms with Gasteiger partial charge in [-0.25, -0.2) is 8.42 Å². The second kappa shape index (κ2) is 6.84. The first kappa shape index (κ1) is 17.4. The van der Waals surface area contributed by atoms with Gasteiger partial charge in [-0.05, 0) is 19.1 Å². The summed E-state index contributed by atoms with van der Waals surface area (Å²) in [6.45, 7) is 3.57. The molecular formula is C20H20O4S. The normalized spacial score (nSPS) is 20.4. The van der Waals surface area contributed by atoms with Gasteiger partial charge in [-0.2, -0.15) is 0 Å². The van der Waals surface area contributed by atoms with Crippen molar-refractivity contribution in [3.63, 3.8) is 0 Å². The lowest BCUT2D eigenvalue weighted by atomic mass is 9.91. The van der Waals surface area contributed by atoms with Crippen molar-refractivity contribution in [1.82, 2.24) is 0 Å². The minimum Gasteiger partial charge on any atom is -0.493 e. The molecule has 0 bridgehead atoms. The van der Waals surface area contributed by atoms with Crippen LogP contribution in [-0.4, -0.2) is 26.1 Å². The summed E-state index contributed by atoms with van der Waals surface area (Å²) in [6.07, 6.45) is -0.562. The maximum atomic E-state index is 12.8. The number of Topliss-reactive ketones (excluding diaryl/α,β-unsaturated/α-hetero) is 1. The quantitative estimate of drug-likeness (QED) is 0.767. The molecule has 1 aliphatic rings. The van der Waals surface area contributed by atoms with Gasteiger partial charge in [0.1, 0.15) is 11.9 Å². The van der Waals surface area contributed by atoms with Crippen molar-refractivity contribution in [2.75, 3.05) is 5.75 Å². The van der Waals surface area contributed by atoms with E-state index in [0.717, 1.165) is 0 Å². The molecule has 130 valence electrons. The summed E-state index contributed by atoms with van der Waals surface area (Å²) in [5.41, 5.74) is 1.14. The molecule has 2 atom stereocenters. The van der Waals surface area contributed by atoms with E-state index in [9.17, 15) is 13.2 Å². The van der Waals surface area contributed by atoms with E-state index in [4.69, 9.17) is 4.74 Å². The number of benzene rings is 2. The maximum Gasteiger partial charge on any atom is 0.192 e. The topological polar surface area (TPSA) is 60.4 Å². The largest absolute Gasteiger partial charge is 0.493 e. The molecule has 3 rings (SSSR count). The van der Waals surface area contributed by atoms with Crippen molar-refractivity contribution in [3.05, 3.63) is 77.6 Å². The van der Waals surface area contributed by atoms with Gasteiger partial charge in [-0.3, -0.25) is 4.79 Å². The third-order valence-electron chi connectivity index (χ3n) is 4.49. The van der Waals surface area contributed by atoms with Crippen molar-refractivity contribution in [2.45, 2.75) is 24.8 Å². The molecular weight excluding hydrogens is 336 g/mol. The van der Waals surface area contributed by atoms with Gasteiger partial charge >= 0.3 is 0 Å². The molecule has 0 aromatic heterocycles. The van der Waals surface area contributed by atoms with Crippen LogP contribution in [0.5, 0.6) is 0 Å². The average molecular weight is 356 g/mol. The van der Waals surface area contributed by atoms with Crippen LogP contribution >= 0.6 is 0 Å². The summed E-state index contributed by atoms with van der Waals surface area (Å²) in [7, 11) is -3.48. The summed E-state index contributed by atoms with van der Waals surface area (Å²) in [4.78, 5) is 13.0. The lowest BCUT2D eigenvalue weighted by Gasteiger charge is -2.17. The van der Waals surface area contributed by atoms with E-state index in [1.807, 2.05) is 13.0 Å². The summed E-state index contributed by atoms with van der Waals surface area (Å²) in [5, 5.41) is 0. The number of ether oxygens (including phenoxy) is 1. The van der Waals surface area contributed by atoms with Crippen LogP contribution in [0, 0.1) is 5.92 Å². The number of sulfone groups is 1. The molecule has 0 amide bonds. The molecule has 0 unspecified atom stereocenters. The predicted octanol–water partition coefficient (Wildman–Crippen LogP) is 3.65. The van der Waals surface area contributed by atoms with Crippen molar-refractivity contribution < 1.29 is 17.9 Å². The van der Waals surface area contributed by atoms with Gasteiger partial charge in [0.25, 0.3) is 0 Å². The summed E-state index contributed by atoms with van der Waals surface area (Å²) >= 11 is 0. The van der Waals surface area contributed by atoms with Gasteiger partial charge in [0.2, 0.25) is 0 Å². The number of ketones is 1. The summed E-state index contributed by atoms with van der Waals surface area (Å²) in [5.74, 6) is -0.0350. The molecule has 2 aromatic carbocycles. The van der Waals surface area contributed by atoms with Gasteiger partial charge in [-0.1, -0.05) is 55.5 Å². The molecule has 5 heteroatoms. The van der Waals surface area contributed by atoms with Crippen LogP contribution in [0.25, 0.3) is 0 Å². The van der Waals surface area contributed by atoms with Crippen molar-refractivity contribution in [1.29, 1.82) is 0 Å². The SMILES string of the molecule is CC1=C(C(=O)c2ccccc2)[C@H](C)[C@@H](CS(=O)(=O)c2ccccc2)O1. The third-order valence-corrected chi connectivity index (χ3v) is 6.24. The highest BCUT2D eigenvalue weighted by atomic mass is 32.2. The van der Waals surface area contributed by atoms with Crippen molar-refractivity contribution >= 4 is 15.6 Å². The van der Waals surface area contributed by atoms with Gasteiger partial charge in [-0.15, -0.1) is 0 Å². The minimum atomic E-state index is -3.48. The maximum absolute atomic E-state index is 12.8. The first-order chi connectivity index (χ1) is 11.9. The zero-order valence-corrected chi connectivity index (χ0v) is 15.0. The predicted molar refractivity (Wildman–Crippen MR) is 96.0 cm³/mol. The molecule has 0 radical (unpaired) electrons.